The minimum absolute atomic E-state index is 0.0234. The van der Waals surface area contributed by atoms with Crippen molar-refractivity contribution in [3.05, 3.63) is 77.0 Å². The summed E-state index contributed by atoms with van der Waals surface area (Å²) in [6, 6.07) is 13.9. The number of nitrogen functional groups attached to an aromatic ring is 1. The van der Waals surface area contributed by atoms with Crippen LogP contribution >= 0.6 is 0 Å². The fourth-order valence-corrected chi connectivity index (χ4v) is 2.96. The van der Waals surface area contributed by atoms with Crippen molar-refractivity contribution in [3.63, 3.8) is 0 Å². The lowest BCUT2D eigenvalue weighted by Crippen LogP contribution is -2.12. The number of benzene rings is 2. The normalized spacial score (nSPS) is 9.97. The summed E-state index contributed by atoms with van der Waals surface area (Å²) in [6.07, 6.45) is 3.63. The number of aromatic hydroxyl groups is 1. The largest absolute Gasteiger partial charge is 0.507 e. The molecule has 3 aromatic rings. The lowest BCUT2D eigenvalue weighted by molar-refractivity contribution is 0.112. The number of nitrogens with two attached hydrogens (primary N) is 1. The van der Waals surface area contributed by atoms with Gasteiger partial charge in [-0.3, -0.25) is 10.2 Å². The third-order valence-corrected chi connectivity index (χ3v) is 4.49. The van der Waals surface area contributed by atoms with Crippen molar-refractivity contribution >= 4 is 12.1 Å². The van der Waals surface area contributed by atoms with Gasteiger partial charge in [0.15, 0.2) is 6.29 Å². The molecule has 0 unspecified atom stereocenters. The maximum Gasteiger partial charge on any atom is 0.230 e. The zero-order valence-electron chi connectivity index (χ0n) is 18.6. The summed E-state index contributed by atoms with van der Waals surface area (Å²) in [5.74, 6) is 1.24. The second-order valence-corrected chi connectivity index (χ2v) is 6.65. The van der Waals surface area contributed by atoms with Crippen molar-refractivity contribution in [2.24, 2.45) is 5.73 Å². The smallest absolute Gasteiger partial charge is 0.230 e. The van der Waals surface area contributed by atoms with Crippen LogP contribution in [0.15, 0.2) is 54.7 Å². The summed E-state index contributed by atoms with van der Waals surface area (Å²) < 4.78 is 11.6. The zero-order valence-corrected chi connectivity index (χ0v) is 18.6. The highest BCUT2D eigenvalue weighted by Gasteiger charge is 2.13. The molecule has 0 saturated carbocycles. The van der Waals surface area contributed by atoms with E-state index in [1.807, 2.05) is 32.9 Å². The third kappa shape index (κ3) is 6.07. The first-order valence-electron chi connectivity index (χ1n) is 10.5. The van der Waals surface area contributed by atoms with Crippen LogP contribution in [0.1, 0.15) is 54.2 Å². The van der Waals surface area contributed by atoms with E-state index in [-0.39, 0.29) is 23.0 Å². The van der Waals surface area contributed by atoms with E-state index in [1.54, 1.807) is 42.6 Å². The van der Waals surface area contributed by atoms with Gasteiger partial charge in [0.05, 0.1) is 11.1 Å². The average molecular weight is 436 g/mol. The van der Waals surface area contributed by atoms with Gasteiger partial charge >= 0.3 is 0 Å². The van der Waals surface area contributed by atoms with Crippen LogP contribution < -0.4 is 15.2 Å². The fourth-order valence-electron chi connectivity index (χ4n) is 2.96. The molecule has 32 heavy (non-hydrogen) atoms. The molecule has 0 amide bonds. The number of aldehydes is 1. The Labute approximate surface area is 188 Å². The molecular weight excluding hydrogens is 406 g/mol. The standard InChI is InChI=1S/C23H23N3O4.C2H6/c1-2-4-18-20(11-8-16(13-27)21(18)28)29-14-15-6-9-17(10-7-15)30-23-19(22(24)25)5-3-12-26-23;1-2/h3,5-13,28H,2,4,14H2,1H3,(H3,24,25);1-2H3. The molecule has 0 spiro atoms. The zero-order chi connectivity index (χ0) is 23.5. The Morgan fingerprint density at radius 2 is 1.88 bits per heavy atom. The highest BCUT2D eigenvalue weighted by molar-refractivity contribution is 5.97. The van der Waals surface area contributed by atoms with Crippen LogP contribution in [-0.2, 0) is 13.0 Å². The first kappa shape index (κ1) is 24.4. The summed E-state index contributed by atoms with van der Waals surface area (Å²) in [4.78, 5) is 15.2. The molecule has 0 aliphatic heterocycles. The van der Waals surface area contributed by atoms with Gasteiger partial charge in [0, 0.05) is 11.8 Å². The molecule has 2 aromatic carbocycles. The van der Waals surface area contributed by atoms with Crippen LogP contribution in [0.4, 0.5) is 0 Å². The van der Waals surface area contributed by atoms with E-state index in [2.05, 4.69) is 4.98 Å². The first-order chi connectivity index (χ1) is 15.5. The Kier molecular flexibility index (Phi) is 9.22. The number of hydrogen-bond acceptors (Lipinski definition) is 6. The second kappa shape index (κ2) is 12.1. The third-order valence-electron chi connectivity index (χ3n) is 4.49. The number of carbonyl (C=O) groups excluding carboxylic acids is 1. The minimum atomic E-state index is -0.116. The Bertz CT molecular complexity index is 1050. The predicted octanol–water partition coefficient (Wildman–Crippen LogP) is 5.23. The van der Waals surface area contributed by atoms with Crippen LogP contribution in [-0.4, -0.2) is 22.2 Å². The number of aromatic nitrogens is 1. The second-order valence-electron chi connectivity index (χ2n) is 6.65. The van der Waals surface area contributed by atoms with Crippen molar-refractivity contribution in [2.45, 2.75) is 40.2 Å². The van der Waals surface area contributed by atoms with Crippen LogP contribution in [0.2, 0.25) is 0 Å². The van der Waals surface area contributed by atoms with Gasteiger partial charge in [-0.2, -0.15) is 0 Å². The summed E-state index contributed by atoms with van der Waals surface area (Å²) in [6.45, 7) is 6.29. The van der Waals surface area contributed by atoms with Gasteiger partial charge < -0.3 is 20.3 Å². The van der Waals surface area contributed by atoms with Crippen molar-refractivity contribution in [2.75, 3.05) is 0 Å². The Balaban J connectivity index is 0.00000176. The molecule has 0 saturated heterocycles. The summed E-state index contributed by atoms with van der Waals surface area (Å²) in [5.41, 5.74) is 7.77. The van der Waals surface area contributed by atoms with Gasteiger partial charge in [0.2, 0.25) is 5.88 Å². The van der Waals surface area contributed by atoms with Crippen molar-refractivity contribution < 1.29 is 19.4 Å². The first-order valence-corrected chi connectivity index (χ1v) is 10.5. The van der Waals surface area contributed by atoms with Gasteiger partial charge in [0.1, 0.15) is 29.7 Å². The van der Waals surface area contributed by atoms with Crippen LogP contribution in [0.5, 0.6) is 23.1 Å². The van der Waals surface area contributed by atoms with E-state index >= 15 is 0 Å². The van der Waals surface area contributed by atoms with Crippen molar-refractivity contribution in [1.29, 1.82) is 5.41 Å². The predicted molar refractivity (Wildman–Crippen MR) is 125 cm³/mol. The highest BCUT2D eigenvalue weighted by atomic mass is 16.5. The summed E-state index contributed by atoms with van der Waals surface area (Å²) >= 11 is 0. The number of rotatable bonds is 9. The molecular formula is C25H29N3O4. The number of phenolic OH excluding ortho intramolecular Hbond substituents is 1. The molecule has 1 aromatic heterocycles. The summed E-state index contributed by atoms with van der Waals surface area (Å²) in [5, 5.41) is 17.9. The Morgan fingerprint density at radius 1 is 1.16 bits per heavy atom. The van der Waals surface area contributed by atoms with Gasteiger partial charge in [-0.1, -0.05) is 39.3 Å². The topological polar surface area (TPSA) is 119 Å². The van der Waals surface area contributed by atoms with E-state index in [9.17, 15) is 9.90 Å². The maximum atomic E-state index is 11.1. The molecule has 0 aliphatic rings. The molecule has 0 radical (unpaired) electrons. The minimum Gasteiger partial charge on any atom is -0.507 e. The van der Waals surface area contributed by atoms with E-state index in [0.29, 0.717) is 41.9 Å². The Hall–Kier alpha value is -3.87. The number of pyridine rings is 1. The number of carbonyl (C=O) groups is 1. The van der Waals surface area contributed by atoms with E-state index in [1.165, 1.54) is 0 Å². The monoisotopic (exact) mass is 435 g/mol. The van der Waals surface area contributed by atoms with Gasteiger partial charge in [-0.05, 0) is 48.4 Å². The molecule has 168 valence electrons. The van der Waals surface area contributed by atoms with Crippen molar-refractivity contribution in [1.82, 2.24) is 4.98 Å². The number of nitrogens with one attached hydrogen (secondary N) is 1. The summed E-state index contributed by atoms with van der Waals surface area (Å²) in [7, 11) is 0. The van der Waals surface area contributed by atoms with E-state index in [0.717, 1.165) is 12.0 Å². The molecule has 0 fully saturated rings. The van der Waals surface area contributed by atoms with Gasteiger partial charge in [-0.25, -0.2) is 4.98 Å². The lowest BCUT2D eigenvalue weighted by Gasteiger charge is -2.14. The highest BCUT2D eigenvalue weighted by Crippen LogP contribution is 2.32. The van der Waals surface area contributed by atoms with Gasteiger partial charge in [0.25, 0.3) is 0 Å². The molecule has 3 rings (SSSR count). The van der Waals surface area contributed by atoms with Crippen molar-refractivity contribution in [3.8, 4) is 23.1 Å². The molecule has 1 heterocycles. The number of ether oxygens (including phenoxy) is 2. The molecule has 7 heteroatoms. The lowest BCUT2D eigenvalue weighted by atomic mass is 10.0. The van der Waals surface area contributed by atoms with Crippen LogP contribution in [0, 0.1) is 5.41 Å². The number of phenols is 1. The SMILES string of the molecule is CC.CCCc1c(OCc2ccc(Oc3ncccc3C(=N)N)cc2)ccc(C=O)c1O. The quantitative estimate of drug-likeness (QED) is 0.240. The molecule has 0 bridgehead atoms. The van der Waals surface area contributed by atoms with E-state index in [4.69, 9.17) is 20.6 Å². The molecule has 7 nitrogen and oxygen atoms in total. The molecule has 0 atom stereocenters. The Morgan fingerprint density at radius 3 is 2.50 bits per heavy atom. The van der Waals surface area contributed by atoms with E-state index < -0.39 is 0 Å². The van der Waals surface area contributed by atoms with Crippen LogP contribution in [0.25, 0.3) is 0 Å². The number of amidine groups is 1. The average Bonchev–Trinajstić information content (AvgIpc) is 2.82. The number of nitrogens with zero attached hydrogens (tertiary/aromatic N) is 1. The van der Waals surface area contributed by atoms with Crippen LogP contribution in [0.3, 0.4) is 0 Å². The molecule has 4 N–H and O–H groups in total. The number of hydrogen-bond donors (Lipinski definition) is 3. The maximum absolute atomic E-state index is 11.1. The van der Waals surface area contributed by atoms with Gasteiger partial charge in [-0.15, -0.1) is 0 Å². The fraction of sp³-hybridized carbons (Fsp3) is 0.240. The molecule has 0 aliphatic carbocycles.